The molecular formula is C23H21FN4O2. The third-order valence-electron chi connectivity index (χ3n) is 4.62. The summed E-state index contributed by atoms with van der Waals surface area (Å²) < 4.78 is 22.4. The minimum absolute atomic E-state index is 0.265. The molecule has 0 saturated carbocycles. The summed E-state index contributed by atoms with van der Waals surface area (Å²) in [6.45, 7) is 2.79. The summed E-state index contributed by atoms with van der Waals surface area (Å²) >= 11 is 0. The van der Waals surface area contributed by atoms with Crippen LogP contribution in [0.2, 0.25) is 0 Å². The molecule has 2 aromatic carbocycles. The second kappa shape index (κ2) is 8.65. The van der Waals surface area contributed by atoms with Gasteiger partial charge in [-0.05, 0) is 49.4 Å². The van der Waals surface area contributed by atoms with Crippen molar-refractivity contribution in [3.63, 3.8) is 0 Å². The Morgan fingerprint density at radius 1 is 1.07 bits per heavy atom. The monoisotopic (exact) mass is 404 g/mol. The van der Waals surface area contributed by atoms with Crippen LogP contribution < -0.4 is 10.1 Å². The van der Waals surface area contributed by atoms with Crippen LogP contribution >= 0.6 is 0 Å². The van der Waals surface area contributed by atoms with Gasteiger partial charge in [-0.3, -0.25) is 4.79 Å². The standard InChI is InChI=1S/C23H21FN4O2/c1-2-30-21-8-4-3-7-17(21)15-25-22(29)20-16-26-28(19-11-9-18(24)10-12-19)23(20)27-13-5-6-14-27/h3-14,16H,2,15H2,1H3,(H,25,29). The fraction of sp³-hybridized carbons (Fsp3) is 0.130. The Bertz CT molecular complexity index is 1130. The van der Waals surface area contributed by atoms with Crippen molar-refractivity contribution < 1.29 is 13.9 Å². The number of nitrogens with one attached hydrogen (secondary N) is 1. The number of hydrogen-bond acceptors (Lipinski definition) is 3. The van der Waals surface area contributed by atoms with Gasteiger partial charge >= 0.3 is 0 Å². The number of aromatic nitrogens is 3. The molecular weight excluding hydrogens is 383 g/mol. The van der Waals surface area contributed by atoms with E-state index in [1.165, 1.54) is 18.3 Å². The molecule has 152 valence electrons. The zero-order valence-electron chi connectivity index (χ0n) is 16.5. The van der Waals surface area contributed by atoms with Crippen molar-refractivity contribution in [2.45, 2.75) is 13.5 Å². The number of para-hydroxylation sites is 1. The summed E-state index contributed by atoms with van der Waals surface area (Å²) in [5, 5.41) is 7.33. The number of carbonyl (C=O) groups is 1. The minimum Gasteiger partial charge on any atom is -0.494 e. The third kappa shape index (κ3) is 3.96. The van der Waals surface area contributed by atoms with Gasteiger partial charge in [0.2, 0.25) is 0 Å². The molecule has 6 nitrogen and oxygen atoms in total. The van der Waals surface area contributed by atoms with Crippen molar-refractivity contribution in [2.24, 2.45) is 0 Å². The van der Waals surface area contributed by atoms with Crippen molar-refractivity contribution in [1.29, 1.82) is 0 Å². The minimum atomic E-state index is -0.334. The molecule has 0 atom stereocenters. The van der Waals surface area contributed by atoms with Gasteiger partial charge in [-0.25, -0.2) is 9.07 Å². The van der Waals surface area contributed by atoms with Crippen molar-refractivity contribution in [1.82, 2.24) is 19.7 Å². The molecule has 30 heavy (non-hydrogen) atoms. The van der Waals surface area contributed by atoms with Crippen molar-refractivity contribution in [3.8, 4) is 17.3 Å². The van der Waals surface area contributed by atoms with E-state index < -0.39 is 0 Å². The van der Waals surface area contributed by atoms with E-state index in [-0.39, 0.29) is 11.7 Å². The number of nitrogens with zero attached hydrogens (tertiary/aromatic N) is 3. The van der Waals surface area contributed by atoms with Crippen LogP contribution in [0.15, 0.2) is 79.3 Å². The average molecular weight is 404 g/mol. The van der Waals surface area contributed by atoms with Gasteiger partial charge in [-0.2, -0.15) is 5.10 Å². The molecule has 4 aromatic rings. The normalized spacial score (nSPS) is 10.7. The topological polar surface area (TPSA) is 61.1 Å². The van der Waals surface area contributed by atoms with E-state index in [4.69, 9.17) is 4.74 Å². The van der Waals surface area contributed by atoms with Crippen LogP contribution in [-0.4, -0.2) is 26.9 Å². The highest BCUT2D eigenvalue weighted by atomic mass is 19.1. The molecule has 0 radical (unpaired) electrons. The molecule has 0 fully saturated rings. The smallest absolute Gasteiger partial charge is 0.256 e. The number of carbonyl (C=O) groups excluding carboxylic acids is 1. The zero-order valence-corrected chi connectivity index (χ0v) is 16.5. The van der Waals surface area contributed by atoms with Gasteiger partial charge in [-0.15, -0.1) is 0 Å². The molecule has 4 rings (SSSR count). The zero-order chi connectivity index (χ0) is 20.9. The summed E-state index contributed by atoms with van der Waals surface area (Å²) in [6.07, 6.45) is 5.18. The molecule has 0 saturated heterocycles. The summed E-state index contributed by atoms with van der Waals surface area (Å²) in [6, 6.07) is 17.3. The summed E-state index contributed by atoms with van der Waals surface area (Å²) in [4.78, 5) is 13.0. The van der Waals surface area contributed by atoms with Gasteiger partial charge in [0.15, 0.2) is 5.82 Å². The van der Waals surface area contributed by atoms with Gasteiger partial charge in [0.25, 0.3) is 5.91 Å². The summed E-state index contributed by atoms with van der Waals surface area (Å²) in [7, 11) is 0. The van der Waals surface area contributed by atoms with E-state index >= 15 is 0 Å². The SMILES string of the molecule is CCOc1ccccc1CNC(=O)c1cnn(-c2ccc(F)cc2)c1-n1cccc1. The van der Waals surface area contributed by atoms with Crippen LogP contribution in [0.1, 0.15) is 22.8 Å². The van der Waals surface area contributed by atoms with Gasteiger partial charge in [-0.1, -0.05) is 18.2 Å². The lowest BCUT2D eigenvalue weighted by atomic mass is 10.2. The number of hydrogen-bond donors (Lipinski definition) is 1. The lowest BCUT2D eigenvalue weighted by Gasteiger charge is -2.13. The molecule has 7 heteroatoms. The Balaban J connectivity index is 1.64. The quantitative estimate of drug-likeness (QED) is 0.504. The van der Waals surface area contributed by atoms with Crippen LogP contribution in [0.4, 0.5) is 4.39 Å². The van der Waals surface area contributed by atoms with E-state index in [0.717, 1.165) is 11.3 Å². The predicted octanol–water partition coefficient (Wildman–Crippen LogP) is 4.13. The molecule has 2 heterocycles. The molecule has 0 spiro atoms. The van der Waals surface area contributed by atoms with Crippen molar-refractivity contribution in [3.05, 3.63) is 96.2 Å². The Kier molecular flexibility index (Phi) is 5.61. The van der Waals surface area contributed by atoms with E-state index in [0.29, 0.717) is 30.2 Å². The number of ether oxygens (including phenoxy) is 1. The molecule has 2 aromatic heterocycles. The van der Waals surface area contributed by atoms with Crippen LogP contribution in [-0.2, 0) is 6.54 Å². The molecule has 0 aliphatic carbocycles. The maximum atomic E-state index is 13.3. The third-order valence-corrected chi connectivity index (χ3v) is 4.62. The fourth-order valence-electron chi connectivity index (χ4n) is 3.21. The van der Waals surface area contributed by atoms with Gasteiger partial charge < -0.3 is 14.6 Å². The highest BCUT2D eigenvalue weighted by Crippen LogP contribution is 2.21. The van der Waals surface area contributed by atoms with Crippen LogP contribution in [0.5, 0.6) is 5.75 Å². The number of rotatable bonds is 7. The largest absolute Gasteiger partial charge is 0.494 e. The Labute approximate surface area is 173 Å². The van der Waals surface area contributed by atoms with Crippen LogP contribution in [0, 0.1) is 5.82 Å². The van der Waals surface area contributed by atoms with E-state index in [1.807, 2.05) is 55.7 Å². The fourth-order valence-corrected chi connectivity index (χ4v) is 3.21. The molecule has 0 unspecified atom stereocenters. The first kappa shape index (κ1) is 19.4. The number of amides is 1. The van der Waals surface area contributed by atoms with E-state index in [2.05, 4.69) is 10.4 Å². The molecule has 1 amide bonds. The Morgan fingerprint density at radius 2 is 1.80 bits per heavy atom. The second-order valence-corrected chi connectivity index (χ2v) is 6.58. The number of benzene rings is 2. The van der Waals surface area contributed by atoms with Crippen LogP contribution in [0.25, 0.3) is 11.5 Å². The first-order chi connectivity index (χ1) is 14.7. The summed E-state index contributed by atoms with van der Waals surface area (Å²) in [5.74, 6) is 0.716. The molecule has 1 N–H and O–H groups in total. The second-order valence-electron chi connectivity index (χ2n) is 6.58. The van der Waals surface area contributed by atoms with E-state index in [1.54, 1.807) is 21.4 Å². The van der Waals surface area contributed by atoms with Crippen molar-refractivity contribution >= 4 is 5.91 Å². The highest BCUT2D eigenvalue weighted by molar-refractivity contribution is 5.97. The first-order valence-electron chi connectivity index (χ1n) is 9.63. The van der Waals surface area contributed by atoms with Gasteiger partial charge in [0.1, 0.15) is 17.1 Å². The van der Waals surface area contributed by atoms with Gasteiger partial charge in [0, 0.05) is 24.5 Å². The molecule has 0 aliphatic rings. The van der Waals surface area contributed by atoms with Crippen molar-refractivity contribution in [2.75, 3.05) is 6.61 Å². The maximum absolute atomic E-state index is 13.3. The lowest BCUT2D eigenvalue weighted by molar-refractivity contribution is 0.0950. The van der Waals surface area contributed by atoms with E-state index in [9.17, 15) is 9.18 Å². The Hall–Kier alpha value is -3.87. The lowest BCUT2D eigenvalue weighted by Crippen LogP contribution is -2.24. The Morgan fingerprint density at radius 3 is 2.53 bits per heavy atom. The number of halogens is 1. The van der Waals surface area contributed by atoms with Gasteiger partial charge in [0.05, 0.1) is 18.5 Å². The average Bonchev–Trinajstić information content (AvgIpc) is 3.43. The highest BCUT2D eigenvalue weighted by Gasteiger charge is 2.20. The predicted molar refractivity (Wildman–Crippen MR) is 112 cm³/mol. The van der Waals surface area contributed by atoms with Crippen LogP contribution in [0.3, 0.4) is 0 Å². The first-order valence-corrected chi connectivity index (χ1v) is 9.63. The molecule has 0 bridgehead atoms. The maximum Gasteiger partial charge on any atom is 0.256 e. The summed E-state index contributed by atoms with van der Waals surface area (Å²) in [5.41, 5.74) is 1.95. The molecule has 0 aliphatic heterocycles.